The molecule has 0 radical (unpaired) electrons. The van der Waals surface area contributed by atoms with E-state index in [2.05, 4.69) is 34.4 Å². The quantitative estimate of drug-likeness (QED) is 0.747. The second-order valence-corrected chi connectivity index (χ2v) is 6.17. The van der Waals surface area contributed by atoms with Crippen LogP contribution in [-0.2, 0) is 0 Å². The van der Waals surface area contributed by atoms with Crippen LogP contribution in [-0.4, -0.2) is 22.5 Å². The second-order valence-electron chi connectivity index (χ2n) is 6.17. The number of amides is 1. The first-order valence-electron chi connectivity index (χ1n) is 9.04. The van der Waals surface area contributed by atoms with Gasteiger partial charge in [0.25, 0.3) is 0 Å². The Bertz CT molecular complexity index is 916. The number of allylic oxidation sites excluding steroid dienone is 4. The Balaban J connectivity index is 1.86. The Morgan fingerprint density at radius 3 is 2.81 bits per heavy atom. The maximum absolute atomic E-state index is 12.2. The van der Waals surface area contributed by atoms with Crippen LogP contribution in [0, 0.1) is 6.92 Å². The highest BCUT2D eigenvalue weighted by molar-refractivity contribution is 5.71. The molecule has 2 aromatic rings. The highest BCUT2D eigenvalue weighted by Crippen LogP contribution is 2.20. The fourth-order valence-corrected chi connectivity index (χ4v) is 2.64. The second kappa shape index (κ2) is 8.98. The molecule has 1 aliphatic rings. The summed E-state index contributed by atoms with van der Waals surface area (Å²) in [5, 5.41) is 4.81. The summed E-state index contributed by atoms with van der Waals surface area (Å²) >= 11 is 0. The van der Waals surface area contributed by atoms with Crippen LogP contribution in [0.15, 0.2) is 65.8 Å². The molecular weight excluding hydrogens is 342 g/mol. The molecule has 27 heavy (non-hydrogen) atoms. The summed E-state index contributed by atoms with van der Waals surface area (Å²) < 4.78 is 12.9. The number of aryl methyl sites for hydroxylation is 1. The number of carbonyl (C=O) groups excluding carboxylic acids is 1. The molecule has 0 bridgehead atoms. The van der Waals surface area contributed by atoms with E-state index in [-0.39, 0.29) is 6.04 Å². The Morgan fingerprint density at radius 2 is 2.07 bits per heavy atom. The van der Waals surface area contributed by atoms with Crippen LogP contribution in [0.1, 0.15) is 31.4 Å². The standard InChI is InChI=1S/C21H23N3O3/c1-3-13-26-20-14-17(15-22-24(20)18-10-5-4-6-11-18)23-21(25)27-19-12-8-7-9-16(19)2/h5-12,14-15,18H,3-4,13H2,1-2H3. The van der Waals surface area contributed by atoms with Gasteiger partial charge in [0.1, 0.15) is 5.75 Å². The summed E-state index contributed by atoms with van der Waals surface area (Å²) in [4.78, 5) is 16.2. The number of benzene rings is 1. The Morgan fingerprint density at radius 1 is 1.30 bits per heavy atom. The van der Waals surface area contributed by atoms with Crippen molar-refractivity contribution in [2.45, 2.75) is 32.7 Å². The molecule has 0 N–H and O–H groups in total. The molecular formula is C21H23N3O3. The van der Waals surface area contributed by atoms with Crippen molar-refractivity contribution in [2.24, 2.45) is 4.99 Å². The molecule has 0 saturated carbocycles. The number of para-hydroxylation sites is 1. The van der Waals surface area contributed by atoms with Gasteiger partial charge in [0, 0.05) is 6.07 Å². The van der Waals surface area contributed by atoms with E-state index in [9.17, 15) is 4.79 Å². The van der Waals surface area contributed by atoms with E-state index in [1.165, 1.54) is 6.20 Å². The van der Waals surface area contributed by atoms with E-state index < -0.39 is 6.09 Å². The third-order valence-corrected chi connectivity index (χ3v) is 4.00. The van der Waals surface area contributed by atoms with Crippen LogP contribution < -0.4 is 14.8 Å². The van der Waals surface area contributed by atoms with Gasteiger partial charge in [0.2, 0.25) is 5.88 Å². The number of carbonyl (C=O) groups is 1. The molecule has 6 nitrogen and oxygen atoms in total. The Kier molecular flexibility index (Phi) is 6.20. The van der Waals surface area contributed by atoms with Gasteiger partial charge in [-0.25, -0.2) is 9.48 Å². The molecule has 6 heteroatoms. The molecule has 0 spiro atoms. The number of hydrogen-bond donors (Lipinski definition) is 0. The van der Waals surface area contributed by atoms with E-state index in [4.69, 9.17) is 9.47 Å². The van der Waals surface area contributed by atoms with Crippen molar-refractivity contribution in [2.75, 3.05) is 6.61 Å². The highest BCUT2D eigenvalue weighted by atomic mass is 16.5. The van der Waals surface area contributed by atoms with Crippen molar-refractivity contribution in [3.63, 3.8) is 0 Å². The maximum Gasteiger partial charge on any atom is 0.439 e. The smallest absolute Gasteiger partial charge is 0.439 e. The van der Waals surface area contributed by atoms with E-state index >= 15 is 0 Å². The lowest BCUT2D eigenvalue weighted by atomic mass is 10.1. The summed E-state index contributed by atoms with van der Waals surface area (Å²) in [6.07, 6.45) is 10.9. The summed E-state index contributed by atoms with van der Waals surface area (Å²) in [5.41, 5.74) is 0.868. The van der Waals surface area contributed by atoms with Gasteiger partial charge in [-0.15, -0.1) is 0 Å². The predicted octanol–water partition coefficient (Wildman–Crippen LogP) is 4.14. The van der Waals surface area contributed by atoms with Gasteiger partial charge in [-0.1, -0.05) is 49.4 Å². The molecule has 0 unspecified atom stereocenters. The van der Waals surface area contributed by atoms with E-state index in [0.29, 0.717) is 23.6 Å². The molecule has 0 fully saturated rings. The number of aromatic nitrogens is 2. The van der Waals surface area contributed by atoms with Crippen molar-refractivity contribution in [3.8, 4) is 11.6 Å². The lowest BCUT2D eigenvalue weighted by Gasteiger charge is -2.18. The van der Waals surface area contributed by atoms with Crippen LogP contribution >= 0.6 is 0 Å². The number of ether oxygens (including phenoxy) is 2. The van der Waals surface area contributed by atoms with E-state index in [0.717, 1.165) is 18.4 Å². The topological polar surface area (TPSA) is 65.7 Å². The monoisotopic (exact) mass is 365 g/mol. The van der Waals surface area contributed by atoms with E-state index in [1.54, 1.807) is 16.8 Å². The van der Waals surface area contributed by atoms with Crippen molar-refractivity contribution in [3.05, 3.63) is 71.8 Å². The minimum absolute atomic E-state index is 0.0152. The summed E-state index contributed by atoms with van der Waals surface area (Å²) in [5.74, 6) is 1.05. The third-order valence-electron chi connectivity index (χ3n) is 4.00. The summed E-state index contributed by atoms with van der Waals surface area (Å²) in [6, 6.07) is 8.99. The van der Waals surface area contributed by atoms with Crippen molar-refractivity contribution < 1.29 is 14.3 Å². The third kappa shape index (κ3) is 4.94. The molecule has 1 heterocycles. The first-order valence-corrected chi connectivity index (χ1v) is 9.04. The molecule has 140 valence electrons. The SMILES string of the molecule is CCCOc1cc(=NC(=O)Oc2ccccc2C)cnn1C1C=CCC=C1. The first kappa shape index (κ1) is 18.6. The van der Waals surface area contributed by atoms with Crippen LogP contribution in [0.25, 0.3) is 0 Å². The van der Waals surface area contributed by atoms with E-state index in [1.807, 2.05) is 32.0 Å². The number of rotatable bonds is 5. The Labute approximate surface area is 158 Å². The van der Waals surface area contributed by atoms with Gasteiger partial charge >= 0.3 is 6.09 Å². The zero-order valence-corrected chi connectivity index (χ0v) is 15.5. The predicted molar refractivity (Wildman–Crippen MR) is 103 cm³/mol. The zero-order chi connectivity index (χ0) is 19.1. The molecule has 0 aliphatic heterocycles. The van der Waals surface area contributed by atoms with Gasteiger partial charge in [0.15, 0.2) is 0 Å². The molecule has 3 rings (SSSR count). The largest absolute Gasteiger partial charge is 0.478 e. The van der Waals surface area contributed by atoms with Crippen LogP contribution in [0.3, 0.4) is 0 Å². The Hall–Kier alpha value is -3.15. The van der Waals surface area contributed by atoms with Gasteiger partial charge < -0.3 is 9.47 Å². The maximum atomic E-state index is 12.2. The molecule has 1 aromatic heterocycles. The fourth-order valence-electron chi connectivity index (χ4n) is 2.64. The number of hydrogen-bond acceptors (Lipinski definition) is 4. The molecule has 1 aromatic carbocycles. The summed E-state index contributed by atoms with van der Waals surface area (Å²) in [7, 11) is 0. The highest BCUT2D eigenvalue weighted by Gasteiger charge is 2.12. The minimum atomic E-state index is -0.692. The minimum Gasteiger partial charge on any atom is -0.478 e. The first-order chi connectivity index (χ1) is 13.2. The lowest BCUT2D eigenvalue weighted by Crippen LogP contribution is -2.19. The van der Waals surface area contributed by atoms with Gasteiger partial charge in [0.05, 0.1) is 24.2 Å². The zero-order valence-electron chi connectivity index (χ0n) is 15.5. The van der Waals surface area contributed by atoms with Gasteiger partial charge in [-0.2, -0.15) is 10.1 Å². The molecule has 1 amide bonds. The lowest BCUT2D eigenvalue weighted by molar-refractivity contribution is 0.210. The van der Waals surface area contributed by atoms with Crippen LogP contribution in [0.2, 0.25) is 0 Å². The molecule has 0 saturated heterocycles. The number of nitrogens with zero attached hydrogens (tertiary/aromatic N) is 3. The van der Waals surface area contributed by atoms with Crippen molar-refractivity contribution in [1.82, 2.24) is 9.78 Å². The molecule has 0 atom stereocenters. The average Bonchev–Trinajstić information content (AvgIpc) is 2.69. The molecule has 1 aliphatic carbocycles. The van der Waals surface area contributed by atoms with Gasteiger partial charge in [-0.05, 0) is 31.4 Å². The normalized spacial score (nSPS) is 14.4. The summed E-state index contributed by atoms with van der Waals surface area (Å²) in [6.45, 7) is 4.46. The van der Waals surface area contributed by atoms with Crippen molar-refractivity contribution >= 4 is 6.09 Å². The van der Waals surface area contributed by atoms with Crippen LogP contribution in [0.5, 0.6) is 11.6 Å². The van der Waals surface area contributed by atoms with Gasteiger partial charge in [-0.3, -0.25) is 0 Å². The average molecular weight is 365 g/mol. The van der Waals surface area contributed by atoms with Crippen molar-refractivity contribution in [1.29, 1.82) is 0 Å². The fraction of sp³-hybridized carbons (Fsp3) is 0.286. The van der Waals surface area contributed by atoms with Crippen LogP contribution in [0.4, 0.5) is 4.79 Å².